The van der Waals surface area contributed by atoms with Crippen LogP contribution < -0.4 is 5.56 Å². The van der Waals surface area contributed by atoms with Crippen molar-refractivity contribution >= 4 is 11.3 Å². The molecular formula is C16H16N4O2S. The second kappa shape index (κ2) is 5.75. The van der Waals surface area contributed by atoms with Crippen molar-refractivity contribution in [2.75, 3.05) is 6.54 Å². The van der Waals surface area contributed by atoms with Crippen LogP contribution in [0.1, 0.15) is 21.1 Å². The Kier molecular flexibility index (Phi) is 3.59. The summed E-state index contributed by atoms with van der Waals surface area (Å²) >= 11 is 1.70. The molecule has 1 aliphatic rings. The lowest BCUT2D eigenvalue weighted by molar-refractivity contribution is 0.241. The van der Waals surface area contributed by atoms with E-state index < -0.39 is 0 Å². The molecule has 0 unspecified atom stereocenters. The van der Waals surface area contributed by atoms with E-state index in [4.69, 9.17) is 4.42 Å². The van der Waals surface area contributed by atoms with Gasteiger partial charge < -0.3 is 9.40 Å². The normalized spacial score (nSPS) is 14.8. The van der Waals surface area contributed by atoms with Crippen molar-refractivity contribution in [3.63, 3.8) is 0 Å². The Bertz CT molecular complexity index is 882. The second-order valence-corrected chi connectivity index (χ2v) is 6.96. The third-order valence-corrected chi connectivity index (χ3v) is 4.83. The Hall–Kier alpha value is -2.25. The number of H-pyrrole nitrogens is 1. The van der Waals surface area contributed by atoms with Gasteiger partial charge in [0.25, 0.3) is 5.56 Å². The first-order chi connectivity index (χ1) is 11.2. The Balaban J connectivity index is 1.59. The minimum Gasteiger partial charge on any atom is -0.461 e. The van der Waals surface area contributed by atoms with Crippen LogP contribution in [0.5, 0.6) is 0 Å². The fraction of sp³-hybridized carbons (Fsp3) is 0.312. The molecule has 3 aromatic rings. The van der Waals surface area contributed by atoms with Gasteiger partial charge in [-0.25, -0.2) is 9.97 Å². The zero-order valence-electron chi connectivity index (χ0n) is 12.7. The van der Waals surface area contributed by atoms with Crippen LogP contribution in [0.4, 0.5) is 0 Å². The topological polar surface area (TPSA) is 75.0 Å². The molecular weight excluding hydrogens is 312 g/mol. The zero-order chi connectivity index (χ0) is 15.8. The van der Waals surface area contributed by atoms with Gasteiger partial charge in [-0.15, -0.1) is 11.3 Å². The first-order valence-electron chi connectivity index (χ1n) is 7.48. The van der Waals surface area contributed by atoms with Gasteiger partial charge in [-0.2, -0.15) is 0 Å². The third kappa shape index (κ3) is 2.85. The van der Waals surface area contributed by atoms with Crippen LogP contribution in [0.2, 0.25) is 0 Å². The number of nitrogens with one attached hydrogen (secondary N) is 1. The average Bonchev–Trinajstić information content (AvgIpc) is 3.20. The molecule has 0 amide bonds. The number of rotatable bonds is 3. The van der Waals surface area contributed by atoms with E-state index >= 15 is 0 Å². The van der Waals surface area contributed by atoms with Gasteiger partial charge in [-0.1, -0.05) is 0 Å². The van der Waals surface area contributed by atoms with Crippen LogP contribution in [0.25, 0.3) is 11.6 Å². The number of aryl methyl sites for hydroxylation is 1. The van der Waals surface area contributed by atoms with Crippen LogP contribution in [0.3, 0.4) is 0 Å². The average molecular weight is 328 g/mol. The quantitative estimate of drug-likeness (QED) is 0.799. The highest BCUT2D eigenvalue weighted by Crippen LogP contribution is 2.21. The molecule has 23 heavy (non-hydrogen) atoms. The van der Waals surface area contributed by atoms with Gasteiger partial charge >= 0.3 is 0 Å². The van der Waals surface area contributed by atoms with Crippen LogP contribution >= 0.6 is 11.3 Å². The molecule has 4 rings (SSSR count). The van der Waals surface area contributed by atoms with E-state index in [0.29, 0.717) is 18.1 Å². The maximum atomic E-state index is 12.4. The van der Waals surface area contributed by atoms with Gasteiger partial charge in [-0.3, -0.25) is 9.69 Å². The maximum absolute atomic E-state index is 12.4. The minimum absolute atomic E-state index is 0.0820. The summed E-state index contributed by atoms with van der Waals surface area (Å²) in [5.41, 5.74) is 1.54. The van der Waals surface area contributed by atoms with Crippen molar-refractivity contribution in [1.82, 2.24) is 19.9 Å². The van der Waals surface area contributed by atoms with E-state index in [2.05, 4.69) is 26.8 Å². The molecule has 0 radical (unpaired) electrons. The highest BCUT2D eigenvalue weighted by atomic mass is 32.1. The number of hydrogen-bond acceptors (Lipinski definition) is 6. The lowest BCUT2D eigenvalue weighted by Crippen LogP contribution is -2.35. The molecule has 4 heterocycles. The Morgan fingerprint density at radius 2 is 2.39 bits per heavy atom. The van der Waals surface area contributed by atoms with Crippen LogP contribution in [0, 0.1) is 6.92 Å². The van der Waals surface area contributed by atoms with Crippen LogP contribution in [0.15, 0.2) is 33.8 Å². The van der Waals surface area contributed by atoms with E-state index in [-0.39, 0.29) is 5.56 Å². The van der Waals surface area contributed by atoms with E-state index in [0.717, 1.165) is 35.8 Å². The number of furan rings is 1. The number of thiazole rings is 1. The predicted molar refractivity (Wildman–Crippen MR) is 87.2 cm³/mol. The van der Waals surface area contributed by atoms with Crippen molar-refractivity contribution in [3.8, 4) is 11.6 Å². The molecule has 0 bridgehead atoms. The summed E-state index contributed by atoms with van der Waals surface area (Å²) in [6.45, 7) is 4.31. The summed E-state index contributed by atoms with van der Waals surface area (Å²) in [7, 11) is 0. The summed E-state index contributed by atoms with van der Waals surface area (Å²) in [5.74, 6) is 1.09. The molecule has 0 saturated heterocycles. The fourth-order valence-corrected chi connectivity index (χ4v) is 3.64. The fourth-order valence-electron chi connectivity index (χ4n) is 2.81. The third-order valence-electron chi connectivity index (χ3n) is 3.93. The van der Waals surface area contributed by atoms with Gasteiger partial charge in [0.1, 0.15) is 5.01 Å². The molecule has 0 saturated carbocycles. The summed E-state index contributed by atoms with van der Waals surface area (Å²) < 4.78 is 5.32. The Morgan fingerprint density at radius 1 is 1.48 bits per heavy atom. The smallest absolute Gasteiger partial charge is 0.256 e. The lowest BCUT2D eigenvalue weighted by Gasteiger charge is -2.26. The Labute approximate surface area is 136 Å². The monoisotopic (exact) mass is 328 g/mol. The van der Waals surface area contributed by atoms with Gasteiger partial charge in [0.05, 0.1) is 24.1 Å². The second-order valence-electron chi connectivity index (χ2n) is 5.64. The van der Waals surface area contributed by atoms with E-state index in [1.807, 2.05) is 6.20 Å². The number of hydrogen-bond donors (Lipinski definition) is 1. The summed E-state index contributed by atoms with van der Waals surface area (Å²) in [4.78, 5) is 27.7. The summed E-state index contributed by atoms with van der Waals surface area (Å²) in [5, 5.41) is 1.09. The Morgan fingerprint density at radius 3 is 3.13 bits per heavy atom. The maximum Gasteiger partial charge on any atom is 0.256 e. The van der Waals surface area contributed by atoms with Gasteiger partial charge in [0.15, 0.2) is 11.6 Å². The number of fused-ring (bicyclic) bond motifs is 1. The first kappa shape index (κ1) is 14.3. The van der Waals surface area contributed by atoms with Crippen molar-refractivity contribution in [2.24, 2.45) is 0 Å². The first-order valence-corrected chi connectivity index (χ1v) is 8.30. The molecule has 0 atom stereocenters. The summed E-state index contributed by atoms with van der Waals surface area (Å²) in [6.07, 6.45) is 4.23. The number of aromatic amines is 1. The largest absolute Gasteiger partial charge is 0.461 e. The summed E-state index contributed by atoms with van der Waals surface area (Å²) in [6, 6.07) is 3.58. The molecule has 0 aromatic carbocycles. The predicted octanol–water partition coefficient (Wildman–Crippen LogP) is 2.35. The zero-order valence-corrected chi connectivity index (χ0v) is 13.5. The van der Waals surface area contributed by atoms with Crippen molar-refractivity contribution in [1.29, 1.82) is 0 Å². The highest BCUT2D eigenvalue weighted by molar-refractivity contribution is 7.11. The standard InChI is InChI=1S/C16H16N4O2S/c1-10-7-17-14(23-10)9-20-5-4-12-11(8-20)16(21)19-15(18-12)13-3-2-6-22-13/h2-3,6-7H,4-5,8-9H2,1H3,(H,18,19,21). The molecule has 118 valence electrons. The van der Waals surface area contributed by atoms with Crippen molar-refractivity contribution in [3.05, 3.63) is 56.1 Å². The van der Waals surface area contributed by atoms with Gasteiger partial charge in [0.2, 0.25) is 0 Å². The molecule has 0 spiro atoms. The highest BCUT2D eigenvalue weighted by Gasteiger charge is 2.22. The van der Waals surface area contributed by atoms with Crippen molar-refractivity contribution < 1.29 is 4.42 Å². The van der Waals surface area contributed by atoms with E-state index in [1.54, 1.807) is 29.7 Å². The number of nitrogens with zero attached hydrogens (tertiary/aromatic N) is 3. The van der Waals surface area contributed by atoms with Crippen molar-refractivity contribution in [2.45, 2.75) is 26.4 Å². The molecule has 0 fully saturated rings. The number of aromatic nitrogens is 3. The molecule has 1 aliphatic heterocycles. The molecule has 0 aliphatic carbocycles. The van der Waals surface area contributed by atoms with Gasteiger partial charge in [-0.05, 0) is 19.1 Å². The van der Waals surface area contributed by atoms with Gasteiger partial charge in [0, 0.05) is 30.6 Å². The molecule has 3 aromatic heterocycles. The SMILES string of the molecule is Cc1cnc(CN2CCc3nc(-c4ccco4)[nH]c(=O)c3C2)s1. The minimum atomic E-state index is -0.0820. The van der Waals surface area contributed by atoms with E-state index in [9.17, 15) is 4.79 Å². The molecule has 6 nitrogen and oxygen atoms in total. The molecule has 1 N–H and O–H groups in total. The molecule has 7 heteroatoms. The van der Waals surface area contributed by atoms with Crippen LogP contribution in [-0.4, -0.2) is 26.4 Å². The van der Waals surface area contributed by atoms with Crippen LogP contribution in [-0.2, 0) is 19.5 Å². The lowest BCUT2D eigenvalue weighted by atomic mass is 10.1. The van der Waals surface area contributed by atoms with E-state index in [1.165, 1.54) is 4.88 Å².